The molecular formula is C19H20BrNO3. The second-order valence-corrected chi connectivity index (χ2v) is 6.23. The molecule has 126 valence electrons. The van der Waals surface area contributed by atoms with E-state index < -0.39 is 0 Å². The number of carbonyl (C=O) groups excluding carboxylic acids is 1. The number of carbonyl (C=O) groups is 1. The van der Waals surface area contributed by atoms with Gasteiger partial charge in [0.05, 0.1) is 18.9 Å². The number of anilines is 1. The monoisotopic (exact) mass is 389 g/mol. The van der Waals surface area contributed by atoms with Gasteiger partial charge in [0.2, 0.25) is 5.91 Å². The molecule has 24 heavy (non-hydrogen) atoms. The fourth-order valence-corrected chi connectivity index (χ4v) is 2.43. The molecule has 0 radical (unpaired) electrons. The molecule has 0 aliphatic rings. The molecule has 0 spiro atoms. The van der Waals surface area contributed by atoms with Crippen LogP contribution in [-0.2, 0) is 4.79 Å². The lowest BCUT2D eigenvalue weighted by Gasteiger charge is -2.13. The van der Waals surface area contributed by atoms with E-state index in [-0.39, 0.29) is 12.0 Å². The molecule has 1 amide bonds. The first-order valence-corrected chi connectivity index (χ1v) is 8.37. The maximum atomic E-state index is 12.0. The number of amides is 1. The molecule has 0 aliphatic heterocycles. The van der Waals surface area contributed by atoms with Crippen LogP contribution in [0, 0.1) is 0 Å². The van der Waals surface area contributed by atoms with Gasteiger partial charge in [0.15, 0.2) is 11.5 Å². The van der Waals surface area contributed by atoms with E-state index in [0.717, 1.165) is 15.7 Å². The summed E-state index contributed by atoms with van der Waals surface area (Å²) < 4.78 is 11.9. The van der Waals surface area contributed by atoms with E-state index in [2.05, 4.69) is 21.2 Å². The molecule has 2 aromatic carbocycles. The summed E-state index contributed by atoms with van der Waals surface area (Å²) in [6.07, 6.45) is 3.28. The number of ether oxygens (including phenoxy) is 2. The summed E-state index contributed by atoms with van der Waals surface area (Å²) >= 11 is 3.40. The van der Waals surface area contributed by atoms with Crippen molar-refractivity contribution in [1.29, 1.82) is 0 Å². The van der Waals surface area contributed by atoms with E-state index in [9.17, 15) is 4.79 Å². The van der Waals surface area contributed by atoms with Crippen molar-refractivity contribution in [2.24, 2.45) is 0 Å². The van der Waals surface area contributed by atoms with Gasteiger partial charge in [-0.1, -0.05) is 18.2 Å². The molecule has 2 rings (SSSR count). The number of halogens is 1. The van der Waals surface area contributed by atoms with Gasteiger partial charge in [-0.3, -0.25) is 4.79 Å². The summed E-state index contributed by atoms with van der Waals surface area (Å²) in [5.41, 5.74) is 1.58. The van der Waals surface area contributed by atoms with Gasteiger partial charge in [-0.25, -0.2) is 0 Å². The molecule has 1 N–H and O–H groups in total. The number of rotatable bonds is 6. The van der Waals surface area contributed by atoms with E-state index >= 15 is 0 Å². The second kappa shape index (κ2) is 8.55. The van der Waals surface area contributed by atoms with Gasteiger partial charge in [-0.15, -0.1) is 0 Å². The Morgan fingerprint density at radius 3 is 2.58 bits per heavy atom. The van der Waals surface area contributed by atoms with Crippen molar-refractivity contribution in [1.82, 2.24) is 0 Å². The second-order valence-electron chi connectivity index (χ2n) is 5.38. The number of hydrogen-bond acceptors (Lipinski definition) is 3. The Morgan fingerprint density at radius 2 is 1.92 bits per heavy atom. The average molecular weight is 390 g/mol. The molecule has 0 heterocycles. The van der Waals surface area contributed by atoms with Crippen LogP contribution in [-0.4, -0.2) is 19.1 Å². The Kier molecular flexibility index (Phi) is 6.44. The summed E-state index contributed by atoms with van der Waals surface area (Å²) in [4.78, 5) is 12.0. The predicted molar refractivity (Wildman–Crippen MR) is 101 cm³/mol. The minimum atomic E-state index is -0.205. The number of para-hydroxylation sites is 1. The molecule has 0 bridgehead atoms. The van der Waals surface area contributed by atoms with Crippen LogP contribution in [0.2, 0.25) is 0 Å². The molecule has 2 aromatic rings. The number of hydrogen-bond donors (Lipinski definition) is 1. The molecule has 0 aliphatic carbocycles. The summed E-state index contributed by atoms with van der Waals surface area (Å²) in [7, 11) is 1.59. The lowest BCUT2D eigenvalue weighted by Crippen LogP contribution is -2.08. The predicted octanol–water partition coefficient (Wildman–Crippen LogP) is 4.90. The van der Waals surface area contributed by atoms with Crippen molar-refractivity contribution in [3.8, 4) is 11.5 Å². The molecule has 0 unspecified atom stereocenters. The maximum Gasteiger partial charge on any atom is 0.248 e. The normalized spacial score (nSPS) is 10.9. The standard InChI is InChI=1S/C19H20BrNO3/c1-13(2)24-17-10-8-14(12-18(17)23-3)9-11-19(22)21-16-7-5-4-6-15(16)20/h4-13H,1-3H3,(H,21,22)/b11-9+. The lowest BCUT2D eigenvalue weighted by atomic mass is 10.2. The Hall–Kier alpha value is -2.27. The Bertz CT molecular complexity index is 741. The first kappa shape index (κ1) is 18.1. The largest absolute Gasteiger partial charge is 0.493 e. The lowest BCUT2D eigenvalue weighted by molar-refractivity contribution is -0.111. The molecule has 5 heteroatoms. The maximum absolute atomic E-state index is 12.0. The molecule has 0 aromatic heterocycles. The highest BCUT2D eigenvalue weighted by Crippen LogP contribution is 2.29. The highest BCUT2D eigenvalue weighted by molar-refractivity contribution is 9.10. The number of nitrogens with one attached hydrogen (secondary N) is 1. The van der Waals surface area contributed by atoms with Crippen LogP contribution < -0.4 is 14.8 Å². The first-order chi connectivity index (χ1) is 11.5. The molecule has 0 fully saturated rings. The van der Waals surface area contributed by atoms with E-state index in [4.69, 9.17) is 9.47 Å². The van der Waals surface area contributed by atoms with Crippen LogP contribution in [0.4, 0.5) is 5.69 Å². The van der Waals surface area contributed by atoms with Crippen molar-refractivity contribution >= 4 is 33.6 Å². The van der Waals surface area contributed by atoms with Crippen LogP contribution in [0.15, 0.2) is 53.0 Å². The van der Waals surface area contributed by atoms with Crippen LogP contribution in [0.1, 0.15) is 19.4 Å². The SMILES string of the molecule is COc1cc(/C=C/C(=O)Nc2ccccc2Br)ccc1OC(C)C. The minimum Gasteiger partial charge on any atom is -0.493 e. The van der Waals surface area contributed by atoms with Gasteiger partial charge in [-0.2, -0.15) is 0 Å². The quantitative estimate of drug-likeness (QED) is 0.714. The average Bonchev–Trinajstić information content (AvgIpc) is 2.55. The van der Waals surface area contributed by atoms with E-state index in [1.54, 1.807) is 13.2 Å². The molecule has 0 atom stereocenters. The first-order valence-electron chi connectivity index (χ1n) is 7.58. The Morgan fingerprint density at radius 1 is 1.17 bits per heavy atom. The summed E-state index contributed by atoms with van der Waals surface area (Å²) in [6.45, 7) is 3.92. The van der Waals surface area contributed by atoms with Gasteiger partial charge in [0, 0.05) is 10.5 Å². The van der Waals surface area contributed by atoms with Crippen LogP contribution >= 0.6 is 15.9 Å². The third-order valence-electron chi connectivity index (χ3n) is 3.11. The zero-order valence-corrected chi connectivity index (χ0v) is 15.5. The number of methoxy groups -OCH3 is 1. The van der Waals surface area contributed by atoms with Gasteiger partial charge < -0.3 is 14.8 Å². The number of benzene rings is 2. The smallest absolute Gasteiger partial charge is 0.248 e. The third-order valence-corrected chi connectivity index (χ3v) is 3.80. The molecule has 4 nitrogen and oxygen atoms in total. The summed E-state index contributed by atoms with van der Waals surface area (Å²) in [5, 5.41) is 2.82. The molecular weight excluding hydrogens is 370 g/mol. The topological polar surface area (TPSA) is 47.6 Å². The Balaban J connectivity index is 2.08. The van der Waals surface area contributed by atoms with Crippen LogP contribution in [0.3, 0.4) is 0 Å². The molecule has 0 saturated carbocycles. The van der Waals surface area contributed by atoms with Crippen molar-refractivity contribution in [3.05, 3.63) is 58.6 Å². The zero-order chi connectivity index (χ0) is 17.5. The van der Waals surface area contributed by atoms with Crippen molar-refractivity contribution < 1.29 is 14.3 Å². The Labute approximate surface area is 150 Å². The summed E-state index contributed by atoms with van der Waals surface area (Å²) in [6, 6.07) is 13.0. The van der Waals surface area contributed by atoms with Crippen molar-refractivity contribution in [3.63, 3.8) is 0 Å². The fraction of sp³-hybridized carbons (Fsp3) is 0.211. The van der Waals surface area contributed by atoms with Crippen molar-refractivity contribution in [2.45, 2.75) is 20.0 Å². The van der Waals surface area contributed by atoms with E-state index in [0.29, 0.717) is 11.5 Å². The minimum absolute atomic E-state index is 0.0652. The zero-order valence-electron chi connectivity index (χ0n) is 13.9. The van der Waals surface area contributed by atoms with E-state index in [1.807, 2.05) is 56.3 Å². The third kappa shape index (κ3) is 5.13. The van der Waals surface area contributed by atoms with Crippen LogP contribution in [0.5, 0.6) is 11.5 Å². The highest BCUT2D eigenvalue weighted by Gasteiger charge is 2.07. The van der Waals surface area contributed by atoms with Gasteiger partial charge in [-0.05, 0) is 65.7 Å². The van der Waals surface area contributed by atoms with Gasteiger partial charge >= 0.3 is 0 Å². The fourth-order valence-electron chi connectivity index (χ4n) is 2.05. The highest BCUT2D eigenvalue weighted by atomic mass is 79.9. The van der Waals surface area contributed by atoms with Gasteiger partial charge in [0.25, 0.3) is 0 Å². The van der Waals surface area contributed by atoms with Crippen LogP contribution in [0.25, 0.3) is 6.08 Å². The summed E-state index contributed by atoms with van der Waals surface area (Å²) in [5.74, 6) is 1.11. The van der Waals surface area contributed by atoms with E-state index in [1.165, 1.54) is 6.08 Å². The van der Waals surface area contributed by atoms with Crippen molar-refractivity contribution in [2.75, 3.05) is 12.4 Å². The van der Waals surface area contributed by atoms with Gasteiger partial charge in [0.1, 0.15) is 0 Å². The molecule has 0 saturated heterocycles.